The highest BCUT2D eigenvalue weighted by Gasteiger charge is 2.58. The third-order valence-corrected chi connectivity index (χ3v) is 2.20. The van der Waals surface area contributed by atoms with Crippen LogP contribution in [0.1, 0.15) is 6.42 Å². The molecule has 1 saturated heterocycles. The highest BCUT2D eigenvalue weighted by atomic mass is 16.5. The van der Waals surface area contributed by atoms with Crippen molar-refractivity contribution in [3.8, 4) is 0 Å². The summed E-state index contributed by atoms with van der Waals surface area (Å²) in [5.74, 6) is 0.583. The van der Waals surface area contributed by atoms with E-state index in [1.807, 2.05) is 0 Å². The van der Waals surface area contributed by atoms with Crippen molar-refractivity contribution in [2.45, 2.75) is 6.42 Å². The van der Waals surface area contributed by atoms with Gasteiger partial charge in [-0.2, -0.15) is 0 Å². The first-order valence-electron chi connectivity index (χ1n) is 2.91. The highest BCUT2D eigenvalue weighted by molar-refractivity contribution is 5.65. The van der Waals surface area contributed by atoms with Crippen molar-refractivity contribution in [3.05, 3.63) is 0 Å². The monoisotopic (exact) mass is 112 g/mol. The van der Waals surface area contributed by atoms with Gasteiger partial charge in [0, 0.05) is 0 Å². The predicted molar refractivity (Wildman–Crippen MR) is 27.4 cm³/mol. The van der Waals surface area contributed by atoms with Crippen molar-refractivity contribution in [3.63, 3.8) is 0 Å². The molecule has 0 N–H and O–H groups in total. The molecule has 2 heteroatoms. The molecule has 1 heterocycles. The second-order valence-corrected chi connectivity index (χ2v) is 2.77. The van der Waals surface area contributed by atoms with Gasteiger partial charge in [0.25, 0.3) is 0 Å². The normalized spacial score (nSPS) is 50.8. The van der Waals surface area contributed by atoms with Crippen LogP contribution in [0.2, 0.25) is 0 Å². The number of hydrogen-bond donors (Lipinski definition) is 0. The number of aldehydes is 1. The molecule has 1 saturated carbocycles. The van der Waals surface area contributed by atoms with Gasteiger partial charge >= 0.3 is 0 Å². The van der Waals surface area contributed by atoms with Crippen LogP contribution in [-0.4, -0.2) is 19.5 Å². The Morgan fingerprint density at radius 1 is 1.75 bits per heavy atom. The van der Waals surface area contributed by atoms with E-state index in [0.717, 1.165) is 19.3 Å². The van der Waals surface area contributed by atoms with Gasteiger partial charge in [-0.3, -0.25) is 0 Å². The number of ether oxygens (including phenoxy) is 1. The average molecular weight is 112 g/mol. The van der Waals surface area contributed by atoms with Crippen molar-refractivity contribution in [2.24, 2.45) is 11.3 Å². The molecule has 0 aromatic carbocycles. The molecule has 2 rings (SSSR count). The summed E-state index contributed by atoms with van der Waals surface area (Å²) in [7, 11) is 0. The molecular formula is C6H8O2. The van der Waals surface area contributed by atoms with Crippen LogP contribution < -0.4 is 0 Å². The average Bonchev–Trinajstić information content (AvgIpc) is 2.38. The molecule has 0 aromatic rings. The van der Waals surface area contributed by atoms with Crippen LogP contribution in [0.15, 0.2) is 0 Å². The Balaban J connectivity index is 2.18. The second kappa shape index (κ2) is 1.13. The maximum absolute atomic E-state index is 10.3. The van der Waals surface area contributed by atoms with E-state index in [1.165, 1.54) is 0 Å². The second-order valence-electron chi connectivity index (χ2n) is 2.77. The summed E-state index contributed by atoms with van der Waals surface area (Å²) in [5.41, 5.74) is 0.000000000000000222. The SMILES string of the molecule is O=C[C@@]12COC[C@H]1C2. The van der Waals surface area contributed by atoms with Gasteiger partial charge < -0.3 is 9.53 Å². The summed E-state index contributed by atoms with van der Waals surface area (Å²) in [5, 5.41) is 0. The number of fused-ring (bicyclic) bond motifs is 1. The number of carbonyl (C=O) groups excluding carboxylic acids is 1. The number of carbonyl (C=O) groups is 1. The Morgan fingerprint density at radius 2 is 2.62 bits per heavy atom. The van der Waals surface area contributed by atoms with Gasteiger partial charge in [-0.05, 0) is 12.3 Å². The molecule has 2 nitrogen and oxygen atoms in total. The van der Waals surface area contributed by atoms with E-state index in [9.17, 15) is 4.79 Å². The van der Waals surface area contributed by atoms with Crippen LogP contribution >= 0.6 is 0 Å². The van der Waals surface area contributed by atoms with Crippen LogP contribution in [0.25, 0.3) is 0 Å². The molecule has 0 spiro atoms. The minimum atomic E-state index is 0.000000000000000222. The van der Waals surface area contributed by atoms with Gasteiger partial charge in [-0.1, -0.05) is 0 Å². The van der Waals surface area contributed by atoms with Crippen molar-refractivity contribution in [1.82, 2.24) is 0 Å². The minimum Gasteiger partial charge on any atom is -0.380 e. The highest BCUT2D eigenvalue weighted by Crippen LogP contribution is 2.54. The predicted octanol–water partition coefficient (Wildman–Crippen LogP) is 0.222. The van der Waals surface area contributed by atoms with Gasteiger partial charge in [0.1, 0.15) is 6.29 Å². The fourth-order valence-corrected chi connectivity index (χ4v) is 1.37. The van der Waals surface area contributed by atoms with E-state index in [0.29, 0.717) is 12.5 Å². The molecule has 0 radical (unpaired) electrons. The first-order valence-corrected chi connectivity index (χ1v) is 2.91. The molecule has 2 atom stereocenters. The molecule has 0 unspecified atom stereocenters. The van der Waals surface area contributed by atoms with Gasteiger partial charge in [0.15, 0.2) is 0 Å². The molecule has 2 aliphatic rings. The third-order valence-electron chi connectivity index (χ3n) is 2.20. The molecule has 0 aromatic heterocycles. The summed E-state index contributed by atoms with van der Waals surface area (Å²) >= 11 is 0. The molecule has 8 heavy (non-hydrogen) atoms. The van der Waals surface area contributed by atoms with Crippen LogP contribution in [0.5, 0.6) is 0 Å². The van der Waals surface area contributed by atoms with Crippen LogP contribution in [0.3, 0.4) is 0 Å². The maximum Gasteiger partial charge on any atom is 0.128 e. The molecular weight excluding hydrogens is 104 g/mol. The van der Waals surface area contributed by atoms with E-state index in [2.05, 4.69) is 0 Å². The van der Waals surface area contributed by atoms with Gasteiger partial charge in [-0.25, -0.2) is 0 Å². The first-order chi connectivity index (χ1) is 3.87. The largest absolute Gasteiger partial charge is 0.380 e. The number of rotatable bonds is 1. The summed E-state index contributed by atoms with van der Waals surface area (Å²) in [6.07, 6.45) is 2.14. The fourth-order valence-electron chi connectivity index (χ4n) is 1.37. The minimum absolute atomic E-state index is 0.000000000000000222. The van der Waals surface area contributed by atoms with E-state index in [1.54, 1.807) is 0 Å². The summed E-state index contributed by atoms with van der Waals surface area (Å²) in [4.78, 5) is 10.3. The van der Waals surface area contributed by atoms with E-state index < -0.39 is 0 Å². The van der Waals surface area contributed by atoms with Crippen LogP contribution in [0, 0.1) is 11.3 Å². The van der Waals surface area contributed by atoms with Crippen molar-refractivity contribution in [2.75, 3.05) is 13.2 Å². The summed E-state index contributed by atoms with van der Waals surface area (Å²) in [6.45, 7) is 1.50. The van der Waals surface area contributed by atoms with Crippen molar-refractivity contribution >= 4 is 6.29 Å². The number of hydrogen-bond acceptors (Lipinski definition) is 2. The van der Waals surface area contributed by atoms with Crippen molar-refractivity contribution < 1.29 is 9.53 Å². The van der Waals surface area contributed by atoms with E-state index in [4.69, 9.17) is 4.74 Å². The standard InChI is InChI=1S/C6H8O2/c7-3-6-1-5(6)2-8-4-6/h3,5H,1-2,4H2/t5-,6+/m1/s1. The van der Waals surface area contributed by atoms with Crippen LogP contribution in [0.4, 0.5) is 0 Å². The zero-order valence-corrected chi connectivity index (χ0v) is 4.59. The quantitative estimate of drug-likeness (QED) is 0.453. The zero-order valence-electron chi connectivity index (χ0n) is 4.59. The van der Waals surface area contributed by atoms with E-state index in [-0.39, 0.29) is 5.41 Å². The zero-order chi connectivity index (χ0) is 5.61. The first kappa shape index (κ1) is 4.50. The third kappa shape index (κ3) is 0.348. The lowest BCUT2D eigenvalue weighted by atomic mass is 10.1. The molecule has 0 amide bonds. The van der Waals surface area contributed by atoms with E-state index >= 15 is 0 Å². The van der Waals surface area contributed by atoms with Gasteiger partial charge in [0.2, 0.25) is 0 Å². The Kier molecular flexibility index (Phi) is 0.637. The Labute approximate surface area is 47.8 Å². The molecule has 44 valence electrons. The summed E-state index contributed by atoms with van der Waals surface area (Å²) < 4.78 is 5.07. The molecule has 1 aliphatic carbocycles. The molecule has 2 fully saturated rings. The Bertz CT molecular complexity index is 132. The van der Waals surface area contributed by atoms with Gasteiger partial charge in [0.05, 0.1) is 18.6 Å². The topological polar surface area (TPSA) is 26.3 Å². The lowest BCUT2D eigenvalue weighted by Gasteiger charge is -1.95. The Hall–Kier alpha value is -0.370. The molecule has 0 bridgehead atoms. The molecule has 1 aliphatic heterocycles. The smallest absolute Gasteiger partial charge is 0.128 e. The van der Waals surface area contributed by atoms with Gasteiger partial charge in [-0.15, -0.1) is 0 Å². The van der Waals surface area contributed by atoms with Crippen LogP contribution in [-0.2, 0) is 9.53 Å². The Morgan fingerprint density at radius 3 is 2.88 bits per heavy atom. The lowest BCUT2D eigenvalue weighted by Crippen LogP contribution is -2.05. The van der Waals surface area contributed by atoms with Crippen molar-refractivity contribution in [1.29, 1.82) is 0 Å². The lowest BCUT2D eigenvalue weighted by molar-refractivity contribution is -0.112. The maximum atomic E-state index is 10.3. The summed E-state index contributed by atoms with van der Waals surface area (Å²) in [6, 6.07) is 0. The fraction of sp³-hybridized carbons (Fsp3) is 0.833.